The van der Waals surface area contributed by atoms with Crippen molar-refractivity contribution >= 4 is 23.2 Å². The maximum Gasteiger partial charge on any atom is 0.257 e. The Bertz CT molecular complexity index is 779. The fraction of sp³-hybridized carbons (Fsp3) is 0.333. The van der Waals surface area contributed by atoms with Crippen LogP contribution >= 0.6 is 0 Å². The molecule has 3 N–H and O–H groups in total. The molecule has 0 spiro atoms. The summed E-state index contributed by atoms with van der Waals surface area (Å²) in [6, 6.07) is 14.7. The molecule has 0 saturated carbocycles. The first-order chi connectivity index (χ1) is 12.3. The highest BCUT2D eigenvalue weighted by molar-refractivity contribution is 6.10. The van der Waals surface area contributed by atoms with Crippen molar-refractivity contribution in [1.29, 1.82) is 0 Å². The fourth-order valence-electron chi connectivity index (χ4n) is 2.33. The third-order valence-corrected chi connectivity index (χ3v) is 3.87. The molecule has 2 rings (SSSR count). The van der Waals surface area contributed by atoms with Gasteiger partial charge in [0.1, 0.15) is 0 Å². The van der Waals surface area contributed by atoms with Crippen LogP contribution in [-0.4, -0.2) is 18.4 Å². The van der Waals surface area contributed by atoms with E-state index >= 15 is 0 Å². The third-order valence-electron chi connectivity index (χ3n) is 3.87. The lowest BCUT2D eigenvalue weighted by Crippen LogP contribution is -2.28. The van der Waals surface area contributed by atoms with E-state index in [1.54, 1.807) is 24.3 Å². The van der Waals surface area contributed by atoms with Gasteiger partial charge in [0.05, 0.1) is 11.3 Å². The van der Waals surface area contributed by atoms with Crippen molar-refractivity contribution in [3.8, 4) is 0 Å². The van der Waals surface area contributed by atoms with Crippen LogP contribution < -0.4 is 16.0 Å². The second kappa shape index (κ2) is 8.63. The van der Waals surface area contributed by atoms with Gasteiger partial charge in [-0.15, -0.1) is 0 Å². The third kappa shape index (κ3) is 5.43. The van der Waals surface area contributed by atoms with E-state index in [4.69, 9.17) is 0 Å². The molecule has 26 heavy (non-hydrogen) atoms. The lowest BCUT2D eigenvalue weighted by molar-refractivity contribution is -0.123. The summed E-state index contributed by atoms with van der Waals surface area (Å²) in [6.07, 6.45) is 0. The number of anilines is 2. The molecule has 0 unspecified atom stereocenters. The van der Waals surface area contributed by atoms with Crippen LogP contribution in [-0.2, 0) is 11.3 Å². The molecular formula is C21H27N3O2. The molecule has 0 bridgehead atoms. The maximum absolute atomic E-state index is 12.7. The Labute approximate surface area is 155 Å². The van der Waals surface area contributed by atoms with Crippen molar-refractivity contribution in [2.45, 2.75) is 34.2 Å². The van der Waals surface area contributed by atoms with Crippen LogP contribution in [0.2, 0.25) is 0 Å². The Morgan fingerprint density at radius 1 is 0.962 bits per heavy atom. The minimum Gasteiger partial charge on any atom is -0.325 e. The van der Waals surface area contributed by atoms with Crippen molar-refractivity contribution in [3.63, 3.8) is 0 Å². The number of carbonyl (C=O) groups excluding carboxylic acids is 2. The van der Waals surface area contributed by atoms with Crippen molar-refractivity contribution in [1.82, 2.24) is 5.32 Å². The van der Waals surface area contributed by atoms with E-state index in [-0.39, 0.29) is 11.8 Å². The van der Waals surface area contributed by atoms with E-state index in [9.17, 15) is 9.59 Å². The molecule has 2 amide bonds. The first-order valence-corrected chi connectivity index (χ1v) is 8.82. The van der Waals surface area contributed by atoms with E-state index in [1.807, 2.05) is 45.0 Å². The number of para-hydroxylation sites is 1. The van der Waals surface area contributed by atoms with Gasteiger partial charge in [-0.1, -0.05) is 52.0 Å². The summed E-state index contributed by atoms with van der Waals surface area (Å²) in [5.41, 5.74) is 2.22. The van der Waals surface area contributed by atoms with Crippen molar-refractivity contribution < 1.29 is 9.59 Å². The quantitative estimate of drug-likeness (QED) is 0.734. The van der Waals surface area contributed by atoms with Gasteiger partial charge in [-0.2, -0.15) is 0 Å². The molecule has 2 aromatic carbocycles. The second-order valence-corrected chi connectivity index (χ2v) is 7.18. The van der Waals surface area contributed by atoms with Crippen LogP contribution in [0.3, 0.4) is 0 Å². The number of nitrogens with one attached hydrogen (secondary N) is 3. The zero-order valence-electron chi connectivity index (χ0n) is 15.8. The molecule has 0 aliphatic heterocycles. The first-order valence-electron chi connectivity index (χ1n) is 8.82. The molecule has 0 atom stereocenters. The number of benzene rings is 2. The molecule has 0 aliphatic rings. The van der Waals surface area contributed by atoms with Crippen molar-refractivity contribution in [2.24, 2.45) is 5.41 Å². The van der Waals surface area contributed by atoms with Gasteiger partial charge in [-0.3, -0.25) is 9.59 Å². The zero-order chi connectivity index (χ0) is 19.2. The molecule has 0 radical (unpaired) electrons. The first kappa shape index (κ1) is 19.7. The summed E-state index contributed by atoms with van der Waals surface area (Å²) in [4.78, 5) is 25.0. The van der Waals surface area contributed by atoms with Crippen LogP contribution in [0, 0.1) is 5.41 Å². The number of hydrogen-bond donors (Lipinski definition) is 3. The SMILES string of the molecule is CCNCc1cccc(NC(=O)c2ccccc2NC(=O)C(C)(C)C)c1. The monoisotopic (exact) mass is 353 g/mol. The van der Waals surface area contributed by atoms with Gasteiger partial charge in [0.25, 0.3) is 5.91 Å². The van der Waals surface area contributed by atoms with Crippen LogP contribution in [0.4, 0.5) is 11.4 Å². The number of amides is 2. The van der Waals surface area contributed by atoms with Gasteiger partial charge in [-0.25, -0.2) is 0 Å². The predicted molar refractivity (Wildman–Crippen MR) is 106 cm³/mol. The Morgan fingerprint density at radius 2 is 1.69 bits per heavy atom. The lowest BCUT2D eigenvalue weighted by atomic mass is 9.95. The van der Waals surface area contributed by atoms with Gasteiger partial charge in [0, 0.05) is 17.6 Å². The van der Waals surface area contributed by atoms with Gasteiger partial charge in [0.2, 0.25) is 5.91 Å². The summed E-state index contributed by atoms with van der Waals surface area (Å²) >= 11 is 0. The topological polar surface area (TPSA) is 70.2 Å². The molecule has 0 saturated heterocycles. The van der Waals surface area contributed by atoms with Gasteiger partial charge < -0.3 is 16.0 Å². The predicted octanol–water partition coefficient (Wildman–Crippen LogP) is 4.03. The fourth-order valence-corrected chi connectivity index (χ4v) is 2.33. The maximum atomic E-state index is 12.7. The van der Waals surface area contributed by atoms with Gasteiger partial charge in [-0.05, 0) is 36.4 Å². The van der Waals surface area contributed by atoms with Crippen LogP contribution in [0.15, 0.2) is 48.5 Å². The summed E-state index contributed by atoms with van der Waals surface area (Å²) in [7, 11) is 0. The normalized spacial score (nSPS) is 11.1. The molecule has 0 aliphatic carbocycles. The Kier molecular flexibility index (Phi) is 6.52. The average Bonchev–Trinajstić information content (AvgIpc) is 2.60. The van der Waals surface area contributed by atoms with Gasteiger partial charge >= 0.3 is 0 Å². The molecule has 5 nitrogen and oxygen atoms in total. The lowest BCUT2D eigenvalue weighted by Gasteiger charge is -2.19. The van der Waals surface area contributed by atoms with Gasteiger partial charge in [0.15, 0.2) is 0 Å². The Morgan fingerprint density at radius 3 is 2.38 bits per heavy atom. The van der Waals surface area contributed by atoms with Crippen LogP contribution in [0.5, 0.6) is 0 Å². The summed E-state index contributed by atoms with van der Waals surface area (Å²) in [5, 5.41) is 9.02. The van der Waals surface area contributed by atoms with Crippen molar-refractivity contribution in [3.05, 3.63) is 59.7 Å². The molecule has 0 fully saturated rings. The molecular weight excluding hydrogens is 326 g/mol. The molecule has 0 heterocycles. The van der Waals surface area contributed by atoms with Crippen molar-refractivity contribution in [2.75, 3.05) is 17.2 Å². The van der Waals surface area contributed by atoms with E-state index in [0.717, 1.165) is 24.3 Å². The standard InChI is InChI=1S/C21H27N3O2/c1-5-22-14-15-9-8-10-16(13-15)23-19(25)17-11-6-7-12-18(17)24-20(26)21(2,3)4/h6-13,22H,5,14H2,1-4H3,(H,23,25)(H,24,26). The minimum atomic E-state index is -0.538. The molecule has 2 aromatic rings. The molecule has 138 valence electrons. The smallest absolute Gasteiger partial charge is 0.257 e. The van der Waals surface area contributed by atoms with E-state index < -0.39 is 5.41 Å². The summed E-state index contributed by atoms with van der Waals surface area (Å²) in [6.45, 7) is 9.19. The number of hydrogen-bond acceptors (Lipinski definition) is 3. The minimum absolute atomic E-state index is 0.134. The summed E-state index contributed by atoms with van der Waals surface area (Å²) in [5.74, 6) is -0.388. The van der Waals surface area contributed by atoms with E-state index in [1.165, 1.54) is 0 Å². The zero-order valence-corrected chi connectivity index (χ0v) is 15.8. The number of rotatable bonds is 6. The highest BCUT2D eigenvalue weighted by Gasteiger charge is 2.23. The number of carbonyl (C=O) groups is 2. The van der Waals surface area contributed by atoms with E-state index in [0.29, 0.717) is 11.3 Å². The van der Waals surface area contributed by atoms with E-state index in [2.05, 4.69) is 22.9 Å². The van der Waals surface area contributed by atoms with Crippen LogP contribution in [0.25, 0.3) is 0 Å². The molecule has 0 aromatic heterocycles. The highest BCUT2D eigenvalue weighted by Crippen LogP contribution is 2.22. The largest absolute Gasteiger partial charge is 0.325 e. The summed E-state index contributed by atoms with van der Waals surface area (Å²) < 4.78 is 0. The average molecular weight is 353 g/mol. The second-order valence-electron chi connectivity index (χ2n) is 7.18. The Balaban J connectivity index is 2.16. The Hall–Kier alpha value is -2.66. The highest BCUT2D eigenvalue weighted by atomic mass is 16.2. The van der Waals surface area contributed by atoms with Crippen LogP contribution in [0.1, 0.15) is 43.6 Å². The molecule has 5 heteroatoms.